The second-order valence-electron chi connectivity index (χ2n) is 6.48. The molecule has 1 aliphatic heterocycles. The van der Waals surface area contributed by atoms with Gasteiger partial charge in [0.2, 0.25) is 5.75 Å². The first-order valence-electron chi connectivity index (χ1n) is 9.24. The van der Waals surface area contributed by atoms with Gasteiger partial charge in [0.1, 0.15) is 24.7 Å². The lowest BCUT2D eigenvalue weighted by Gasteiger charge is -2.23. The number of nitrogens with zero attached hydrogens (tertiary/aromatic N) is 1. The Labute approximate surface area is 169 Å². The molecule has 0 spiro atoms. The molecule has 3 aromatic rings. The molecular formula is C23H21NO5. The lowest BCUT2D eigenvalue weighted by molar-refractivity contribution is 0.0991. The highest BCUT2D eigenvalue weighted by Gasteiger charge is 2.23. The van der Waals surface area contributed by atoms with Gasteiger partial charge in [0.25, 0.3) is 5.91 Å². The van der Waals surface area contributed by atoms with Gasteiger partial charge in [-0.15, -0.1) is 0 Å². The molecule has 0 bridgehead atoms. The van der Waals surface area contributed by atoms with Gasteiger partial charge in [-0.05, 0) is 48.5 Å². The molecule has 0 aliphatic carbocycles. The highest BCUT2D eigenvalue weighted by atomic mass is 16.6. The highest BCUT2D eigenvalue weighted by Crippen LogP contribution is 2.40. The number of para-hydroxylation sites is 1. The number of carbonyl (C=O) groups is 1. The first-order chi connectivity index (χ1) is 14.2. The fraction of sp³-hybridized carbons (Fsp3) is 0.174. The van der Waals surface area contributed by atoms with Crippen molar-refractivity contribution in [1.82, 2.24) is 0 Å². The third kappa shape index (κ3) is 3.96. The molecule has 1 amide bonds. The van der Waals surface area contributed by atoms with Crippen molar-refractivity contribution >= 4 is 11.6 Å². The van der Waals surface area contributed by atoms with Crippen LogP contribution in [-0.2, 0) is 0 Å². The predicted octanol–water partition coefficient (Wildman–Crippen LogP) is 4.54. The molecule has 0 N–H and O–H groups in total. The van der Waals surface area contributed by atoms with E-state index in [4.69, 9.17) is 18.9 Å². The zero-order valence-electron chi connectivity index (χ0n) is 16.3. The van der Waals surface area contributed by atoms with Crippen LogP contribution in [0.3, 0.4) is 0 Å². The number of methoxy groups -OCH3 is 1. The molecule has 0 fully saturated rings. The van der Waals surface area contributed by atoms with Crippen LogP contribution in [0.2, 0.25) is 0 Å². The average Bonchev–Trinajstić information content (AvgIpc) is 2.78. The number of rotatable bonds is 5. The fourth-order valence-corrected chi connectivity index (χ4v) is 3.07. The largest absolute Gasteiger partial charge is 0.493 e. The maximum Gasteiger partial charge on any atom is 0.258 e. The van der Waals surface area contributed by atoms with Crippen LogP contribution < -0.4 is 23.8 Å². The van der Waals surface area contributed by atoms with Crippen LogP contribution in [0.4, 0.5) is 5.69 Å². The third-order valence-corrected chi connectivity index (χ3v) is 4.58. The molecule has 0 radical (unpaired) electrons. The lowest BCUT2D eigenvalue weighted by Crippen LogP contribution is -2.26. The van der Waals surface area contributed by atoms with Crippen molar-refractivity contribution in [3.05, 3.63) is 72.3 Å². The average molecular weight is 391 g/mol. The Bertz CT molecular complexity index is 985. The van der Waals surface area contributed by atoms with Gasteiger partial charge in [0.15, 0.2) is 11.5 Å². The molecular weight excluding hydrogens is 370 g/mol. The van der Waals surface area contributed by atoms with Gasteiger partial charge in [0.05, 0.1) is 7.11 Å². The normalized spacial score (nSPS) is 12.2. The quantitative estimate of drug-likeness (QED) is 0.639. The summed E-state index contributed by atoms with van der Waals surface area (Å²) < 4.78 is 22.4. The van der Waals surface area contributed by atoms with E-state index in [2.05, 4.69) is 0 Å². The van der Waals surface area contributed by atoms with Crippen LogP contribution in [0, 0.1) is 0 Å². The zero-order chi connectivity index (χ0) is 20.2. The minimum absolute atomic E-state index is 0.183. The van der Waals surface area contributed by atoms with Gasteiger partial charge in [-0.2, -0.15) is 0 Å². The minimum Gasteiger partial charge on any atom is -0.493 e. The summed E-state index contributed by atoms with van der Waals surface area (Å²) in [5, 5.41) is 0. The van der Waals surface area contributed by atoms with Crippen LogP contribution >= 0.6 is 0 Å². The molecule has 1 heterocycles. The summed E-state index contributed by atoms with van der Waals surface area (Å²) in [6.07, 6.45) is 0. The van der Waals surface area contributed by atoms with Gasteiger partial charge in [-0.1, -0.05) is 18.2 Å². The molecule has 3 aromatic carbocycles. The van der Waals surface area contributed by atoms with E-state index in [1.807, 2.05) is 54.6 Å². The molecule has 0 saturated carbocycles. The highest BCUT2D eigenvalue weighted by molar-refractivity contribution is 6.06. The summed E-state index contributed by atoms with van der Waals surface area (Å²) in [5.74, 6) is 2.79. The first-order valence-corrected chi connectivity index (χ1v) is 9.24. The molecule has 148 valence electrons. The fourth-order valence-electron chi connectivity index (χ4n) is 3.07. The standard InChI is InChI=1S/C23H21NO5/c1-24(17-8-10-19(11-9-17)29-18-6-4-3-5-7-18)23(25)16-14-20(26-2)22-21(15-16)27-12-13-28-22/h3-11,14-15H,12-13H2,1-2H3. The third-order valence-electron chi connectivity index (χ3n) is 4.58. The maximum atomic E-state index is 13.0. The van der Waals surface area contributed by atoms with E-state index < -0.39 is 0 Å². The Morgan fingerprint density at radius 1 is 0.931 bits per heavy atom. The van der Waals surface area contributed by atoms with Crippen molar-refractivity contribution in [1.29, 1.82) is 0 Å². The monoisotopic (exact) mass is 391 g/mol. The minimum atomic E-state index is -0.183. The van der Waals surface area contributed by atoms with Crippen molar-refractivity contribution in [3.63, 3.8) is 0 Å². The molecule has 29 heavy (non-hydrogen) atoms. The SMILES string of the molecule is COc1cc(C(=O)N(C)c2ccc(Oc3ccccc3)cc2)cc2c1OCCO2. The summed E-state index contributed by atoms with van der Waals surface area (Å²) in [4.78, 5) is 14.6. The smallest absolute Gasteiger partial charge is 0.258 e. The molecule has 1 aliphatic rings. The number of amides is 1. The van der Waals surface area contributed by atoms with Crippen LogP contribution in [-0.4, -0.2) is 33.3 Å². The van der Waals surface area contributed by atoms with E-state index >= 15 is 0 Å². The molecule has 0 saturated heterocycles. The first kappa shape index (κ1) is 18.7. The molecule has 6 heteroatoms. The number of ether oxygens (including phenoxy) is 4. The van der Waals surface area contributed by atoms with Crippen LogP contribution in [0.5, 0.6) is 28.7 Å². The van der Waals surface area contributed by atoms with E-state index in [0.717, 1.165) is 11.4 Å². The van der Waals surface area contributed by atoms with Crippen molar-refractivity contribution in [2.45, 2.75) is 0 Å². The Kier molecular flexibility index (Phi) is 5.24. The molecule has 0 aromatic heterocycles. The Morgan fingerprint density at radius 2 is 1.62 bits per heavy atom. The van der Waals surface area contributed by atoms with Crippen LogP contribution in [0.1, 0.15) is 10.4 Å². The number of fused-ring (bicyclic) bond motifs is 1. The van der Waals surface area contributed by atoms with Gasteiger partial charge in [-0.3, -0.25) is 4.79 Å². The summed E-state index contributed by atoms with van der Waals surface area (Å²) in [5.41, 5.74) is 1.20. The molecule has 0 unspecified atom stereocenters. The molecule has 4 rings (SSSR count). The summed E-state index contributed by atoms with van der Waals surface area (Å²) in [6.45, 7) is 0.889. The second kappa shape index (κ2) is 8.14. The van der Waals surface area contributed by atoms with E-state index in [1.165, 1.54) is 7.11 Å². The predicted molar refractivity (Wildman–Crippen MR) is 110 cm³/mol. The van der Waals surface area contributed by atoms with Crippen molar-refractivity contribution in [2.24, 2.45) is 0 Å². The Hall–Kier alpha value is -3.67. The second-order valence-corrected chi connectivity index (χ2v) is 6.48. The van der Waals surface area contributed by atoms with E-state index in [-0.39, 0.29) is 5.91 Å². The van der Waals surface area contributed by atoms with Crippen LogP contribution in [0.15, 0.2) is 66.7 Å². The molecule has 0 atom stereocenters. The van der Waals surface area contributed by atoms with E-state index in [1.54, 1.807) is 24.1 Å². The Morgan fingerprint density at radius 3 is 2.34 bits per heavy atom. The van der Waals surface area contributed by atoms with E-state index in [9.17, 15) is 4.79 Å². The molecule has 6 nitrogen and oxygen atoms in total. The lowest BCUT2D eigenvalue weighted by atomic mass is 10.1. The number of benzene rings is 3. The van der Waals surface area contributed by atoms with Gasteiger partial charge < -0.3 is 23.8 Å². The van der Waals surface area contributed by atoms with Crippen molar-refractivity contribution in [2.75, 3.05) is 32.3 Å². The number of hydrogen-bond acceptors (Lipinski definition) is 5. The summed E-state index contributed by atoms with van der Waals surface area (Å²) in [7, 11) is 3.26. The summed E-state index contributed by atoms with van der Waals surface area (Å²) >= 11 is 0. The number of carbonyl (C=O) groups excluding carboxylic acids is 1. The number of hydrogen-bond donors (Lipinski definition) is 0. The van der Waals surface area contributed by atoms with Gasteiger partial charge in [0, 0.05) is 18.3 Å². The van der Waals surface area contributed by atoms with Crippen molar-refractivity contribution in [3.8, 4) is 28.7 Å². The maximum absolute atomic E-state index is 13.0. The van der Waals surface area contributed by atoms with Crippen LogP contribution in [0.25, 0.3) is 0 Å². The van der Waals surface area contributed by atoms with Crippen molar-refractivity contribution < 1.29 is 23.7 Å². The number of anilines is 1. The summed E-state index contributed by atoms with van der Waals surface area (Å²) in [6, 6.07) is 20.2. The van der Waals surface area contributed by atoms with E-state index in [0.29, 0.717) is 41.8 Å². The van der Waals surface area contributed by atoms with Gasteiger partial charge in [-0.25, -0.2) is 0 Å². The zero-order valence-corrected chi connectivity index (χ0v) is 16.3. The topological polar surface area (TPSA) is 57.2 Å². The Balaban J connectivity index is 1.53. The van der Waals surface area contributed by atoms with Gasteiger partial charge >= 0.3 is 0 Å².